The van der Waals surface area contributed by atoms with Crippen LogP contribution in [0.4, 0.5) is 8.78 Å². The van der Waals surface area contributed by atoms with Crippen LogP contribution in [0.2, 0.25) is 0 Å². The molecule has 3 heterocycles. The van der Waals surface area contributed by atoms with E-state index in [0.717, 1.165) is 37.4 Å². The molecule has 1 aliphatic carbocycles. The molecule has 5 nitrogen and oxygen atoms in total. The fourth-order valence-corrected chi connectivity index (χ4v) is 5.17. The number of rotatable bonds is 5. The zero-order valence-electron chi connectivity index (χ0n) is 16.2. The molecule has 2 aromatic rings. The Labute approximate surface area is 168 Å². The molecule has 1 aromatic heterocycles. The lowest BCUT2D eigenvalue weighted by Crippen LogP contribution is -2.53. The lowest BCUT2D eigenvalue weighted by atomic mass is 9.85. The largest absolute Gasteiger partial charge is 0.388 e. The molecule has 3 aliphatic rings. The van der Waals surface area contributed by atoms with Crippen molar-refractivity contribution in [2.75, 3.05) is 0 Å². The zero-order chi connectivity index (χ0) is 20.2. The van der Waals surface area contributed by atoms with Crippen LogP contribution in [0.5, 0.6) is 0 Å². The van der Waals surface area contributed by atoms with Gasteiger partial charge in [-0.25, -0.2) is 13.5 Å². The molecule has 1 N–H and O–H groups in total. The molecule has 2 bridgehead atoms. The molecule has 0 spiro atoms. The zero-order valence-corrected chi connectivity index (χ0v) is 16.2. The van der Waals surface area contributed by atoms with Gasteiger partial charge >= 0.3 is 0 Å². The topological polar surface area (TPSA) is 58.4 Å². The van der Waals surface area contributed by atoms with Crippen LogP contribution in [0.1, 0.15) is 55.7 Å². The molecule has 2 atom stereocenters. The first-order chi connectivity index (χ1) is 13.9. The van der Waals surface area contributed by atoms with Gasteiger partial charge in [0, 0.05) is 36.7 Å². The number of aromatic nitrogens is 2. The summed E-state index contributed by atoms with van der Waals surface area (Å²) in [5.74, 6) is -0.690. The van der Waals surface area contributed by atoms with Crippen molar-refractivity contribution in [2.24, 2.45) is 0 Å². The Balaban J connectivity index is 1.32. The summed E-state index contributed by atoms with van der Waals surface area (Å²) in [4.78, 5) is 14.5. The van der Waals surface area contributed by atoms with Gasteiger partial charge in [-0.05, 0) is 62.3 Å². The van der Waals surface area contributed by atoms with Crippen LogP contribution in [-0.4, -0.2) is 37.5 Å². The number of aliphatic hydroxyl groups is 1. The highest BCUT2D eigenvalue weighted by Gasteiger charge is 2.47. The van der Waals surface area contributed by atoms with Crippen LogP contribution in [-0.2, 0) is 13.1 Å². The van der Waals surface area contributed by atoms with Crippen molar-refractivity contribution >= 4 is 0 Å². The predicted octanol–water partition coefficient (Wildman–Crippen LogP) is 2.96. The highest BCUT2D eigenvalue weighted by molar-refractivity contribution is 5.19. The number of benzene rings is 1. The van der Waals surface area contributed by atoms with Crippen molar-refractivity contribution in [3.8, 4) is 0 Å². The van der Waals surface area contributed by atoms with Gasteiger partial charge in [0.1, 0.15) is 11.6 Å². The number of piperidine rings is 1. The molecule has 1 aromatic carbocycles. The molecule has 0 amide bonds. The maximum atomic E-state index is 13.6. The summed E-state index contributed by atoms with van der Waals surface area (Å²) < 4.78 is 28.5. The van der Waals surface area contributed by atoms with Gasteiger partial charge in [-0.15, -0.1) is 0 Å². The fraction of sp³-hybridized carbons (Fsp3) is 0.545. The third kappa shape index (κ3) is 3.85. The van der Waals surface area contributed by atoms with E-state index >= 15 is 0 Å². The molecule has 2 saturated heterocycles. The average molecular weight is 401 g/mol. The number of nitrogens with zero attached hydrogens (tertiary/aromatic N) is 3. The smallest absolute Gasteiger partial charge is 0.266 e. The molecule has 0 radical (unpaired) electrons. The summed E-state index contributed by atoms with van der Waals surface area (Å²) in [5.41, 5.74) is 0.364. The van der Waals surface area contributed by atoms with E-state index in [-0.39, 0.29) is 24.2 Å². The first-order valence-electron chi connectivity index (χ1n) is 10.4. The van der Waals surface area contributed by atoms with Crippen LogP contribution >= 0.6 is 0 Å². The molecule has 3 fully saturated rings. The predicted molar refractivity (Wildman–Crippen MR) is 103 cm³/mol. The van der Waals surface area contributed by atoms with Crippen molar-refractivity contribution in [1.29, 1.82) is 0 Å². The third-order valence-electron chi connectivity index (χ3n) is 6.62. The Morgan fingerprint density at radius 1 is 1.03 bits per heavy atom. The van der Waals surface area contributed by atoms with Gasteiger partial charge in [-0.1, -0.05) is 0 Å². The standard InChI is InChI=1S/C22H25F2N3O2/c23-16-7-14(8-17(24)9-16)12-26-18-3-4-19(26)11-22(29,10-18)13-27-21(28)6-5-20(25-27)15-1-2-15/h5-9,15,18-19,29H,1-4,10-13H2. The van der Waals surface area contributed by atoms with E-state index in [4.69, 9.17) is 0 Å². The van der Waals surface area contributed by atoms with Gasteiger partial charge in [-0.2, -0.15) is 5.10 Å². The molecular formula is C22H25F2N3O2. The Bertz CT molecular complexity index is 954. The molecule has 2 aliphatic heterocycles. The molecule has 154 valence electrons. The Morgan fingerprint density at radius 2 is 1.69 bits per heavy atom. The fourth-order valence-electron chi connectivity index (χ4n) is 5.17. The van der Waals surface area contributed by atoms with E-state index in [1.807, 2.05) is 0 Å². The number of halogens is 2. The minimum Gasteiger partial charge on any atom is -0.388 e. The minimum absolute atomic E-state index is 0.132. The van der Waals surface area contributed by atoms with Crippen molar-refractivity contribution in [3.63, 3.8) is 0 Å². The van der Waals surface area contributed by atoms with Gasteiger partial charge in [0.2, 0.25) is 0 Å². The maximum Gasteiger partial charge on any atom is 0.266 e. The molecular weight excluding hydrogens is 376 g/mol. The minimum atomic E-state index is -0.992. The quantitative estimate of drug-likeness (QED) is 0.837. The van der Waals surface area contributed by atoms with E-state index in [2.05, 4.69) is 10.00 Å². The van der Waals surface area contributed by atoms with Gasteiger partial charge in [0.25, 0.3) is 5.56 Å². The van der Waals surface area contributed by atoms with Crippen LogP contribution in [0, 0.1) is 11.6 Å². The third-order valence-corrected chi connectivity index (χ3v) is 6.62. The number of fused-ring (bicyclic) bond motifs is 2. The highest BCUT2D eigenvalue weighted by atomic mass is 19.1. The van der Waals surface area contributed by atoms with Crippen molar-refractivity contribution < 1.29 is 13.9 Å². The second-order valence-electron chi connectivity index (χ2n) is 9.00. The summed E-state index contributed by atoms with van der Waals surface area (Å²) in [6, 6.07) is 7.23. The van der Waals surface area contributed by atoms with E-state index in [0.29, 0.717) is 30.9 Å². The summed E-state index contributed by atoms with van der Waals surface area (Å²) in [5, 5.41) is 15.8. The molecule has 7 heteroatoms. The van der Waals surface area contributed by atoms with Gasteiger partial charge in [0.05, 0.1) is 17.8 Å². The second kappa shape index (κ2) is 6.99. The Kier molecular flexibility index (Phi) is 4.55. The lowest BCUT2D eigenvalue weighted by molar-refractivity contribution is -0.0678. The SMILES string of the molecule is O=c1ccc(C2CC2)nn1CC1(O)CC2CCC(C1)N2Cc1cc(F)cc(F)c1. The average Bonchev–Trinajstić information content (AvgIpc) is 3.45. The summed E-state index contributed by atoms with van der Waals surface area (Å²) in [6.07, 6.45) is 5.15. The summed E-state index contributed by atoms with van der Waals surface area (Å²) in [7, 11) is 0. The number of hydrogen-bond donors (Lipinski definition) is 1. The van der Waals surface area contributed by atoms with Crippen LogP contribution in [0.25, 0.3) is 0 Å². The molecule has 2 unspecified atom stereocenters. The molecule has 29 heavy (non-hydrogen) atoms. The lowest BCUT2D eigenvalue weighted by Gasteiger charge is -2.43. The maximum absolute atomic E-state index is 13.6. The van der Waals surface area contributed by atoms with E-state index in [1.54, 1.807) is 12.1 Å². The second-order valence-corrected chi connectivity index (χ2v) is 9.00. The van der Waals surface area contributed by atoms with Gasteiger partial charge in [-0.3, -0.25) is 9.69 Å². The van der Waals surface area contributed by atoms with E-state index in [9.17, 15) is 18.7 Å². The van der Waals surface area contributed by atoms with Crippen molar-refractivity contribution in [3.05, 3.63) is 63.6 Å². The normalized spacial score (nSPS) is 29.3. The first kappa shape index (κ1) is 18.9. The number of hydrogen-bond acceptors (Lipinski definition) is 4. The van der Waals surface area contributed by atoms with Crippen LogP contribution < -0.4 is 5.56 Å². The summed E-state index contributed by atoms with van der Waals surface area (Å²) >= 11 is 0. The van der Waals surface area contributed by atoms with Crippen LogP contribution in [0.15, 0.2) is 35.1 Å². The Morgan fingerprint density at radius 3 is 2.31 bits per heavy atom. The molecule has 1 saturated carbocycles. The first-order valence-corrected chi connectivity index (χ1v) is 10.4. The Hall–Kier alpha value is -2.12. The van der Waals surface area contributed by atoms with Crippen LogP contribution in [0.3, 0.4) is 0 Å². The molecule has 5 rings (SSSR count). The highest BCUT2D eigenvalue weighted by Crippen LogP contribution is 2.42. The van der Waals surface area contributed by atoms with E-state index < -0.39 is 17.2 Å². The van der Waals surface area contributed by atoms with Crippen molar-refractivity contribution in [2.45, 2.75) is 75.2 Å². The summed E-state index contributed by atoms with van der Waals surface area (Å²) in [6.45, 7) is 0.664. The van der Waals surface area contributed by atoms with E-state index in [1.165, 1.54) is 16.8 Å². The van der Waals surface area contributed by atoms with Crippen molar-refractivity contribution in [1.82, 2.24) is 14.7 Å². The monoisotopic (exact) mass is 401 g/mol. The van der Waals surface area contributed by atoms with Gasteiger partial charge < -0.3 is 5.11 Å². The van der Waals surface area contributed by atoms with Gasteiger partial charge in [0.15, 0.2) is 0 Å².